The minimum atomic E-state index is -1.19. The van der Waals surface area contributed by atoms with Crippen LogP contribution in [0.5, 0.6) is 0 Å². The van der Waals surface area contributed by atoms with Gasteiger partial charge in [0.25, 0.3) is 11.8 Å². The molecule has 0 atom stereocenters. The van der Waals surface area contributed by atoms with Gasteiger partial charge in [-0.2, -0.15) is 0 Å². The normalized spacial score (nSPS) is 13.7. The highest BCUT2D eigenvalue weighted by molar-refractivity contribution is 6.13. The van der Waals surface area contributed by atoms with Crippen molar-refractivity contribution < 1.29 is 19.5 Å². The van der Waals surface area contributed by atoms with Gasteiger partial charge in [-0.1, -0.05) is 84.9 Å². The Balaban J connectivity index is 1.32. The summed E-state index contributed by atoms with van der Waals surface area (Å²) >= 11 is 0. The molecule has 4 aromatic rings. The van der Waals surface area contributed by atoms with Gasteiger partial charge in [-0.15, -0.1) is 0 Å². The number of carbonyl (C=O) groups excluding carboxylic acids is 2. The molecule has 4 aromatic carbocycles. The summed E-state index contributed by atoms with van der Waals surface area (Å²) in [6.45, 7) is 2.47. The van der Waals surface area contributed by atoms with Crippen molar-refractivity contribution >= 4 is 23.5 Å². The van der Waals surface area contributed by atoms with Gasteiger partial charge in [0.05, 0.1) is 28.4 Å². The number of piperazine rings is 1. The van der Waals surface area contributed by atoms with Crippen molar-refractivity contribution in [3.63, 3.8) is 0 Å². The van der Waals surface area contributed by atoms with Crippen molar-refractivity contribution in [1.82, 2.24) is 9.80 Å². The Hall–Kier alpha value is -4.75. The van der Waals surface area contributed by atoms with E-state index in [1.54, 1.807) is 41.3 Å². The minimum absolute atomic E-state index is 0.0359. The monoisotopic (exact) mass is 519 g/mol. The van der Waals surface area contributed by atoms with Crippen LogP contribution in [0.2, 0.25) is 0 Å². The second-order valence-corrected chi connectivity index (χ2v) is 9.40. The van der Waals surface area contributed by atoms with Gasteiger partial charge in [0, 0.05) is 26.2 Å². The van der Waals surface area contributed by atoms with Crippen molar-refractivity contribution in [1.29, 1.82) is 0 Å². The smallest absolute Gasteiger partial charge is 0.336 e. The van der Waals surface area contributed by atoms with Gasteiger partial charge in [-0.05, 0) is 35.4 Å². The Kier molecular flexibility index (Phi) is 7.80. The highest BCUT2D eigenvalue weighted by Crippen LogP contribution is 2.30. The zero-order chi connectivity index (χ0) is 27.2. The standard InChI is InChI=1S/C32H29N3O4/c36-30(25-15-7-8-16-26(25)32(38)39)33-28-18-10-9-17-27(28)31(37)35-21-19-34(20-22-35)29(23-11-3-1-4-12-23)24-13-5-2-6-14-24/h1-18,29H,19-22H2,(H,33,36)(H,38,39). The van der Waals surface area contributed by atoms with E-state index in [-0.39, 0.29) is 23.1 Å². The largest absolute Gasteiger partial charge is 0.478 e. The van der Waals surface area contributed by atoms with E-state index >= 15 is 0 Å². The lowest BCUT2D eigenvalue weighted by molar-refractivity contribution is 0.0597. The Labute approximate surface area is 227 Å². The lowest BCUT2D eigenvalue weighted by atomic mass is 9.96. The van der Waals surface area contributed by atoms with E-state index in [0.29, 0.717) is 37.4 Å². The van der Waals surface area contributed by atoms with E-state index < -0.39 is 11.9 Å². The Morgan fingerprint density at radius 1 is 0.615 bits per heavy atom. The van der Waals surface area contributed by atoms with Gasteiger partial charge in [-0.3, -0.25) is 14.5 Å². The van der Waals surface area contributed by atoms with Crippen LogP contribution < -0.4 is 5.32 Å². The number of anilines is 1. The fraction of sp³-hybridized carbons (Fsp3) is 0.156. The number of aromatic carboxylic acids is 1. The molecule has 7 heteroatoms. The van der Waals surface area contributed by atoms with Gasteiger partial charge in [0.15, 0.2) is 0 Å². The first-order valence-electron chi connectivity index (χ1n) is 12.9. The molecular weight excluding hydrogens is 490 g/mol. The maximum absolute atomic E-state index is 13.6. The molecule has 0 spiro atoms. The quantitative estimate of drug-likeness (QED) is 0.351. The second-order valence-electron chi connectivity index (χ2n) is 9.40. The maximum Gasteiger partial charge on any atom is 0.336 e. The molecule has 0 aliphatic carbocycles. The summed E-state index contributed by atoms with van der Waals surface area (Å²) in [5, 5.41) is 12.2. The molecular formula is C32H29N3O4. The van der Waals surface area contributed by atoms with Crippen LogP contribution in [0.4, 0.5) is 5.69 Å². The highest BCUT2D eigenvalue weighted by atomic mass is 16.4. The molecule has 0 bridgehead atoms. The Morgan fingerprint density at radius 3 is 1.67 bits per heavy atom. The molecule has 0 saturated carbocycles. The number of benzene rings is 4. The number of para-hydroxylation sites is 1. The summed E-state index contributed by atoms with van der Waals surface area (Å²) in [6, 6.07) is 33.7. The number of hydrogen-bond acceptors (Lipinski definition) is 4. The number of nitrogens with zero attached hydrogens (tertiary/aromatic N) is 2. The van der Waals surface area contributed by atoms with E-state index in [2.05, 4.69) is 34.5 Å². The van der Waals surface area contributed by atoms with Crippen LogP contribution in [-0.4, -0.2) is 58.9 Å². The summed E-state index contributed by atoms with van der Waals surface area (Å²) in [7, 11) is 0. The van der Waals surface area contributed by atoms with E-state index in [4.69, 9.17) is 0 Å². The molecule has 0 aromatic heterocycles. The molecule has 1 fully saturated rings. The van der Waals surface area contributed by atoms with Crippen molar-refractivity contribution in [2.24, 2.45) is 0 Å². The summed E-state index contributed by atoms with van der Waals surface area (Å²) in [6.07, 6.45) is 0. The zero-order valence-electron chi connectivity index (χ0n) is 21.4. The van der Waals surface area contributed by atoms with Crippen LogP contribution in [0.25, 0.3) is 0 Å². The fourth-order valence-electron chi connectivity index (χ4n) is 5.07. The first kappa shape index (κ1) is 25.9. The van der Waals surface area contributed by atoms with Crippen LogP contribution in [0.3, 0.4) is 0 Å². The molecule has 2 amide bonds. The van der Waals surface area contributed by atoms with Crippen molar-refractivity contribution in [2.45, 2.75) is 6.04 Å². The number of hydrogen-bond donors (Lipinski definition) is 2. The third kappa shape index (κ3) is 5.73. The maximum atomic E-state index is 13.6. The molecule has 1 aliphatic heterocycles. The van der Waals surface area contributed by atoms with Gasteiger partial charge in [0.1, 0.15) is 0 Å². The lowest BCUT2D eigenvalue weighted by Gasteiger charge is -2.40. The lowest BCUT2D eigenvalue weighted by Crippen LogP contribution is -2.50. The average molecular weight is 520 g/mol. The number of nitrogens with one attached hydrogen (secondary N) is 1. The first-order valence-corrected chi connectivity index (χ1v) is 12.9. The SMILES string of the molecule is O=C(O)c1ccccc1C(=O)Nc1ccccc1C(=O)N1CCN(C(c2ccccc2)c2ccccc2)CC1. The second kappa shape index (κ2) is 11.8. The van der Waals surface area contributed by atoms with Gasteiger partial charge in [0.2, 0.25) is 0 Å². The summed E-state index contributed by atoms with van der Waals surface area (Å²) < 4.78 is 0. The molecule has 1 heterocycles. The molecule has 5 rings (SSSR count). The summed E-state index contributed by atoms with van der Waals surface area (Å²) in [5.74, 6) is -1.94. The third-order valence-electron chi connectivity index (χ3n) is 7.01. The zero-order valence-corrected chi connectivity index (χ0v) is 21.4. The predicted octanol–water partition coefficient (Wildman–Crippen LogP) is 5.18. The number of rotatable bonds is 7. The molecule has 7 nitrogen and oxygen atoms in total. The Bertz CT molecular complexity index is 1430. The molecule has 0 unspecified atom stereocenters. The predicted molar refractivity (Wildman–Crippen MR) is 150 cm³/mol. The molecule has 1 saturated heterocycles. The van der Waals surface area contributed by atoms with Crippen molar-refractivity contribution in [3.8, 4) is 0 Å². The summed E-state index contributed by atoms with van der Waals surface area (Å²) in [5.41, 5.74) is 3.07. The minimum Gasteiger partial charge on any atom is -0.478 e. The van der Waals surface area contributed by atoms with Crippen molar-refractivity contribution in [3.05, 3.63) is 137 Å². The topological polar surface area (TPSA) is 89.9 Å². The van der Waals surface area contributed by atoms with E-state index in [0.717, 1.165) is 0 Å². The molecule has 39 heavy (non-hydrogen) atoms. The van der Waals surface area contributed by atoms with Crippen LogP contribution in [0, 0.1) is 0 Å². The fourth-order valence-corrected chi connectivity index (χ4v) is 5.07. The average Bonchev–Trinajstić information content (AvgIpc) is 2.99. The third-order valence-corrected chi connectivity index (χ3v) is 7.01. The van der Waals surface area contributed by atoms with Crippen LogP contribution in [0.1, 0.15) is 48.2 Å². The summed E-state index contributed by atoms with van der Waals surface area (Å²) in [4.78, 5) is 42.3. The number of amides is 2. The molecule has 1 aliphatic rings. The molecule has 0 radical (unpaired) electrons. The number of carbonyl (C=O) groups is 3. The van der Waals surface area contributed by atoms with Crippen LogP contribution in [0.15, 0.2) is 109 Å². The van der Waals surface area contributed by atoms with Gasteiger partial charge < -0.3 is 15.3 Å². The highest BCUT2D eigenvalue weighted by Gasteiger charge is 2.29. The molecule has 2 N–H and O–H groups in total. The van der Waals surface area contributed by atoms with E-state index in [9.17, 15) is 19.5 Å². The first-order chi connectivity index (χ1) is 19.0. The van der Waals surface area contributed by atoms with E-state index in [1.807, 2.05) is 36.4 Å². The number of carboxylic acid groups (broad SMARTS) is 1. The van der Waals surface area contributed by atoms with E-state index in [1.165, 1.54) is 23.3 Å². The van der Waals surface area contributed by atoms with Gasteiger partial charge in [-0.25, -0.2) is 4.79 Å². The van der Waals surface area contributed by atoms with Crippen LogP contribution in [-0.2, 0) is 0 Å². The van der Waals surface area contributed by atoms with Crippen LogP contribution >= 0.6 is 0 Å². The Morgan fingerprint density at radius 2 is 1.10 bits per heavy atom. The molecule has 196 valence electrons. The number of carboxylic acids is 1. The van der Waals surface area contributed by atoms with Gasteiger partial charge >= 0.3 is 5.97 Å². The van der Waals surface area contributed by atoms with Crippen molar-refractivity contribution in [2.75, 3.05) is 31.5 Å².